The van der Waals surface area contributed by atoms with Crippen molar-refractivity contribution in [3.63, 3.8) is 0 Å². The topological polar surface area (TPSA) is 12.0 Å². The maximum absolute atomic E-state index is 5.45. The quantitative estimate of drug-likeness (QED) is 0.615. The fourth-order valence-electron chi connectivity index (χ4n) is 0.853. The Balaban J connectivity index is 3.14. The third-order valence-electron chi connectivity index (χ3n) is 1.71. The SMILES string of the molecule is Cc1cccc(NCl)c1C. The minimum atomic E-state index is 0.988. The van der Waals surface area contributed by atoms with Crippen LogP contribution in [0.4, 0.5) is 5.69 Å². The van der Waals surface area contributed by atoms with E-state index < -0.39 is 0 Å². The van der Waals surface area contributed by atoms with Crippen molar-refractivity contribution in [1.82, 2.24) is 0 Å². The van der Waals surface area contributed by atoms with Crippen molar-refractivity contribution < 1.29 is 0 Å². The van der Waals surface area contributed by atoms with Crippen molar-refractivity contribution in [2.45, 2.75) is 13.8 Å². The van der Waals surface area contributed by atoms with Gasteiger partial charge in [-0.25, -0.2) is 0 Å². The van der Waals surface area contributed by atoms with Crippen LogP contribution in [0.1, 0.15) is 11.1 Å². The summed E-state index contributed by atoms with van der Waals surface area (Å²) >= 11 is 5.45. The minimum absolute atomic E-state index is 0.988. The monoisotopic (exact) mass is 155 g/mol. The van der Waals surface area contributed by atoms with Gasteiger partial charge in [0.25, 0.3) is 0 Å². The van der Waals surface area contributed by atoms with Crippen LogP contribution in [0.5, 0.6) is 0 Å². The van der Waals surface area contributed by atoms with Gasteiger partial charge in [-0.1, -0.05) is 12.1 Å². The van der Waals surface area contributed by atoms with Crippen LogP contribution in [0.25, 0.3) is 0 Å². The lowest BCUT2D eigenvalue weighted by molar-refractivity contribution is 1.34. The molecule has 2 heteroatoms. The molecule has 1 aromatic rings. The molecule has 0 heterocycles. The van der Waals surface area contributed by atoms with Gasteiger partial charge in [-0.15, -0.1) is 0 Å². The van der Waals surface area contributed by atoms with Crippen LogP contribution in [0, 0.1) is 13.8 Å². The molecule has 0 atom stereocenters. The second-order valence-electron chi connectivity index (χ2n) is 2.34. The average Bonchev–Trinajstić information content (AvgIpc) is 1.95. The van der Waals surface area contributed by atoms with Crippen molar-refractivity contribution >= 4 is 17.5 Å². The number of halogens is 1. The van der Waals surface area contributed by atoms with Crippen LogP contribution in [0.2, 0.25) is 0 Å². The van der Waals surface area contributed by atoms with Crippen molar-refractivity contribution in [3.05, 3.63) is 29.3 Å². The number of hydrogen-bond acceptors (Lipinski definition) is 1. The van der Waals surface area contributed by atoms with Gasteiger partial charge in [0.1, 0.15) is 0 Å². The van der Waals surface area contributed by atoms with E-state index in [0.29, 0.717) is 0 Å². The molecule has 0 aliphatic heterocycles. The van der Waals surface area contributed by atoms with Crippen LogP contribution in [0.15, 0.2) is 18.2 Å². The zero-order chi connectivity index (χ0) is 7.56. The summed E-state index contributed by atoms with van der Waals surface area (Å²) < 4.78 is 0. The highest BCUT2D eigenvalue weighted by molar-refractivity contribution is 6.24. The first-order chi connectivity index (χ1) is 4.75. The fourth-order valence-corrected chi connectivity index (χ4v) is 1.06. The molecule has 0 aliphatic rings. The molecule has 1 N–H and O–H groups in total. The van der Waals surface area contributed by atoms with Crippen LogP contribution in [-0.2, 0) is 0 Å². The molecule has 0 saturated heterocycles. The largest absolute Gasteiger partial charge is 0.298 e. The number of rotatable bonds is 1. The van der Waals surface area contributed by atoms with E-state index in [1.807, 2.05) is 19.1 Å². The summed E-state index contributed by atoms with van der Waals surface area (Å²) in [5.74, 6) is 0. The highest BCUT2D eigenvalue weighted by atomic mass is 35.5. The van der Waals surface area contributed by atoms with Crippen LogP contribution < -0.4 is 4.84 Å². The van der Waals surface area contributed by atoms with E-state index in [-0.39, 0.29) is 0 Å². The Kier molecular flexibility index (Phi) is 2.17. The van der Waals surface area contributed by atoms with E-state index >= 15 is 0 Å². The minimum Gasteiger partial charge on any atom is -0.298 e. The second-order valence-corrected chi connectivity index (χ2v) is 2.53. The zero-order valence-corrected chi connectivity index (χ0v) is 6.87. The third-order valence-corrected chi connectivity index (χ3v) is 1.91. The Morgan fingerprint density at radius 2 is 2.00 bits per heavy atom. The van der Waals surface area contributed by atoms with Gasteiger partial charge in [0.05, 0.1) is 5.69 Å². The molecule has 54 valence electrons. The summed E-state index contributed by atoms with van der Waals surface area (Å²) in [5, 5.41) is 0. The van der Waals surface area contributed by atoms with Crippen molar-refractivity contribution in [1.29, 1.82) is 0 Å². The first kappa shape index (κ1) is 7.42. The summed E-state index contributed by atoms with van der Waals surface area (Å²) in [6, 6.07) is 6.00. The van der Waals surface area contributed by atoms with E-state index in [2.05, 4.69) is 17.8 Å². The molecule has 10 heavy (non-hydrogen) atoms. The Morgan fingerprint density at radius 3 is 2.50 bits per heavy atom. The number of anilines is 1. The standard InChI is InChI=1S/C8H10ClN/c1-6-4-3-5-8(10-9)7(6)2/h3-5,10H,1-2H3. The number of hydrogen-bond donors (Lipinski definition) is 1. The highest BCUT2D eigenvalue weighted by Crippen LogP contribution is 2.17. The van der Waals surface area contributed by atoms with Gasteiger partial charge in [-0.05, 0) is 31.0 Å². The fraction of sp³-hybridized carbons (Fsp3) is 0.250. The molecule has 0 fully saturated rings. The normalized spacial score (nSPS) is 9.50. The molecule has 0 bridgehead atoms. The lowest BCUT2D eigenvalue weighted by Crippen LogP contribution is -1.87. The third kappa shape index (κ3) is 1.24. The van der Waals surface area contributed by atoms with E-state index in [1.54, 1.807) is 0 Å². The Labute approximate surface area is 66.1 Å². The molecule has 0 amide bonds. The maximum Gasteiger partial charge on any atom is 0.0523 e. The molecule has 1 aromatic carbocycles. The first-order valence-electron chi connectivity index (χ1n) is 3.18. The molecule has 1 nitrogen and oxygen atoms in total. The predicted molar refractivity (Wildman–Crippen MR) is 45.4 cm³/mol. The lowest BCUT2D eigenvalue weighted by atomic mass is 10.1. The number of nitrogens with one attached hydrogen (secondary N) is 1. The second kappa shape index (κ2) is 2.93. The molecular weight excluding hydrogens is 146 g/mol. The van der Waals surface area contributed by atoms with Crippen molar-refractivity contribution in [2.75, 3.05) is 4.84 Å². The predicted octanol–water partition coefficient (Wildman–Crippen LogP) is 2.87. The Hall–Kier alpha value is -0.690. The molecule has 0 saturated carbocycles. The molecule has 1 rings (SSSR count). The molecule has 0 aliphatic carbocycles. The zero-order valence-electron chi connectivity index (χ0n) is 6.11. The van der Waals surface area contributed by atoms with Crippen molar-refractivity contribution in [2.24, 2.45) is 0 Å². The molecule has 0 aromatic heterocycles. The van der Waals surface area contributed by atoms with Gasteiger partial charge in [-0.3, -0.25) is 4.84 Å². The van der Waals surface area contributed by atoms with E-state index in [0.717, 1.165) is 5.69 Å². The van der Waals surface area contributed by atoms with Crippen LogP contribution in [-0.4, -0.2) is 0 Å². The van der Waals surface area contributed by atoms with Gasteiger partial charge in [0.2, 0.25) is 0 Å². The van der Waals surface area contributed by atoms with Crippen LogP contribution >= 0.6 is 11.8 Å². The highest BCUT2D eigenvalue weighted by Gasteiger charge is 1.96. The average molecular weight is 156 g/mol. The van der Waals surface area contributed by atoms with Gasteiger partial charge in [-0.2, -0.15) is 0 Å². The smallest absolute Gasteiger partial charge is 0.0523 e. The summed E-state index contributed by atoms with van der Waals surface area (Å²) in [5.41, 5.74) is 3.45. The lowest BCUT2D eigenvalue weighted by Gasteiger charge is -2.04. The molecular formula is C8H10ClN. The Bertz CT molecular complexity index is 233. The summed E-state index contributed by atoms with van der Waals surface area (Å²) in [6.07, 6.45) is 0. The van der Waals surface area contributed by atoms with E-state index in [4.69, 9.17) is 11.8 Å². The number of aryl methyl sites for hydroxylation is 1. The summed E-state index contributed by atoms with van der Waals surface area (Å²) in [7, 11) is 0. The van der Waals surface area contributed by atoms with Gasteiger partial charge in [0, 0.05) is 11.8 Å². The molecule has 0 unspecified atom stereocenters. The van der Waals surface area contributed by atoms with Crippen molar-refractivity contribution in [3.8, 4) is 0 Å². The molecule has 0 spiro atoms. The summed E-state index contributed by atoms with van der Waals surface area (Å²) in [6.45, 7) is 4.10. The van der Waals surface area contributed by atoms with Gasteiger partial charge < -0.3 is 0 Å². The maximum atomic E-state index is 5.45. The number of benzene rings is 1. The first-order valence-corrected chi connectivity index (χ1v) is 3.56. The Morgan fingerprint density at radius 1 is 1.30 bits per heavy atom. The summed E-state index contributed by atoms with van der Waals surface area (Å²) in [4.78, 5) is 2.61. The van der Waals surface area contributed by atoms with E-state index in [1.165, 1.54) is 11.1 Å². The van der Waals surface area contributed by atoms with Gasteiger partial charge >= 0.3 is 0 Å². The molecule has 0 radical (unpaired) electrons. The van der Waals surface area contributed by atoms with Crippen LogP contribution in [0.3, 0.4) is 0 Å². The van der Waals surface area contributed by atoms with Gasteiger partial charge in [0.15, 0.2) is 0 Å². The van der Waals surface area contributed by atoms with E-state index in [9.17, 15) is 0 Å².